The van der Waals surface area contributed by atoms with Crippen LogP contribution in [0.3, 0.4) is 0 Å². The first-order valence-corrected chi connectivity index (χ1v) is 9.36. The van der Waals surface area contributed by atoms with Crippen molar-refractivity contribution in [3.63, 3.8) is 0 Å². The van der Waals surface area contributed by atoms with Crippen molar-refractivity contribution in [1.82, 2.24) is 15.2 Å². The molecule has 1 aromatic rings. The third kappa shape index (κ3) is 5.06. The molecule has 0 bridgehead atoms. The monoisotopic (exact) mass is 299 g/mol. The van der Waals surface area contributed by atoms with Crippen LogP contribution in [0.2, 0.25) is 0 Å². The lowest BCUT2D eigenvalue weighted by atomic mass is 10.2. The normalized spacial score (nSPS) is 17.1. The highest BCUT2D eigenvalue weighted by molar-refractivity contribution is 7.98. The molecule has 0 radical (unpaired) electrons. The molecular weight excluding hydrogens is 274 g/mol. The fraction of sp³-hybridized carbons (Fsp3) is 0.786. The zero-order chi connectivity index (χ0) is 13.7. The highest BCUT2D eigenvalue weighted by Crippen LogP contribution is 2.20. The lowest BCUT2D eigenvalue weighted by Crippen LogP contribution is -2.32. The molecule has 1 unspecified atom stereocenters. The van der Waals surface area contributed by atoms with Gasteiger partial charge in [0.25, 0.3) is 0 Å². The predicted molar refractivity (Wildman–Crippen MR) is 85.9 cm³/mol. The van der Waals surface area contributed by atoms with Crippen molar-refractivity contribution in [2.24, 2.45) is 0 Å². The molecule has 1 N–H and O–H groups in total. The Morgan fingerprint density at radius 1 is 1.58 bits per heavy atom. The van der Waals surface area contributed by atoms with Gasteiger partial charge in [0.1, 0.15) is 5.01 Å². The summed E-state index contributed by atoms with van der Waals surface area (Å²) < 4.78 is 0. The molecule has 0 spiro atoms. The first-order chi connectivity index (χ1) is 9.22. The fourth-order valence-electron chi connectivity index (χ4n) is 2.16. The van der Waals surface area contributed by atoms with Crippen LogP contribution < -0.4 is 5.32 Å². The van der Waals surface area contributed by atoms with E-state index in [4.69, 9.17) is 4.98 Å². The van der Waals surface area contributed by atoms with Crippen molar-refractivity contribution in [2.45, 2.75) is 51.4 Å². The second-order valence-corrected chi connectivity index (χ2v) is 7.17. The number of thioether (sulfide) groups is 1. The Labute approximate surface area is 125 Å². The van der Waals surface area contributed by atoms with Gasteiger partial charge in [-0.3, -0.25) is 4.90 Å². The quantitative estimate of drug-likeness (QED) is 0.759. The molecule has 1 saturated carbocycles. The van der Waals surface area contributed by atoms with Gasteiger partial charge < -0.3 is 5.32 Å². The predicted octanol–water partition coefficient (Wildman–Crippen LogP) is 2.97. The Morgan fingerprint density at radius 2 is 2.37 bits per heavy atom. The molecule has 1 aliphatic rings. The Morgan fingerprint density at radius 3 is 3.00 bits per heavy atom. The lowest BCUT2D eigenvalue weighted by molar-refractivity contribution is 0.245. The van der Waals surface area contributed by atoms with Crippen molar-refractivity contribution in [1.29, 1.82) is 0 Å². The van der Waals surface area contributed by atoms with E-state index in [1.54, 1.807) is 11.3 Å². The maximum absolute atomic E-state index is 4.73. The van der Waals surface area contributed by atoms with Crippen LogP contribution in [0.1, 0.15) is 36.9 Å². The van der Waals surface area contributed by atoms with E-state index in [-0.39, 0.29) is 0 Å². The van der Waals surface area contributed by atoms with E-state index in [0.29, 0.717) is 6.04 Å². The Hall–Kier alpha value is -0.100. The van der Waals surface area contributed by atoms with Crippen LogP contribution in [0.25, 0.3) is 0 Å². The van der Waals surface area contributed by atoms with Gasteiger partial charge in [-0.1, -0.05) is 6.92 Å². The molecule has 1 aliphatic carbocycles. The summed E-state index contributed by atoms with van der Waals surface area (Å²) in [5.41, 5.74) is 1.22. The third-order valence-electron chi connectivity index (χ3n) is 3.58. The molecule has 1 atom stereocenters. The smallest absolute Gasteiger partial charge is 0.107 e. The first-order valence-electron chi connectivity index (χ1n) is 7.08. The molecular formula is C14H25N3S2. The van der Waals surface area contributed by atoms with Crippen molar-refractivity contribution in [3.8, 4) is 0 Å². The summed E-state index contributed by atoms with van der Waals surface area (Å²) in [6.45, 7) is 4.18. The third-order valence-corrected chi connectivity index (χ3v) is 5.20. The summed E-state index contributed by atoms with van der Waals surface area (Å²) in [6.07, 6.45) is 6.07. The number of hydrogen-bond acceptors (Lipinski definition) is 5. The van der Waals surface area contributed by atoms with Crippen molar-refractivity contribution < 1.29 is 0 Å². The van der Waals surface area contributed by atoms with Gasteiger partial charge in [-0.25, -0.2) is 4.98 Å². The summed E-state index contributed by atoms with van der Waals surface area (Å²) in [4.78, 5) is 7.17. The minimum Gasteiger partial charge on any atom is -0.308 e. The lowest BCUT2D eigenvalue weighted by Gasteiger charge is -2.25. The molecule has 1 aromatic heterocycles. The van der Waals surface area contributed by atoms with Crippen LogP contribution in [0.4, 0.5) is 0 Å². The zero-order valence-corrected chi connectivity index (χ0v) is 13.8. The van der Waals surface area contributed by atoms with Crippen LogP contribution in [0, 0.1) is 0 Å². The average molecular weight is 300 g/mol. The Balaban J connectivity index is 1.80. The number of aromatic nitrogens is 1. The molecule has 19 heavy (non-hydrogen) atoms. The molecule has 3 nitrogen and oxygen atoms in total. The van der Waals surface area contributed by atoms with Gasteiger partial charge in [0.05, 0.1) is 5.69 Å². The number of nitrogens with one attached hydrogen (secondary N) is 1. The summed E-state index contributed by atoms with van der Waals surface area (Å²) in [5, 5.41) is 6.97. The highest BCUT2D eigenvalue weighted by atomic mass is 32.2. The minimum absolute atomic E-state index is 0.657. The number of hydrogen-bond donors (Lipinski definition) is 1. The molecule has 108 valence electrons. The van der Waals surface area contributed by atoms with Gasteiger partial charge in [-0.05, 0) is 32.6 Å². The first kappa shape index (κ1) is 15.3. The topological polar surface area (TPSA) is 28.2 Å². The standard InChI is InChI=1S/C14H25N3S2/c1-4-13(10-18-3)17(2)8-12-9-19-14(16-12)7-15-11-5-6-11/h9,11,13,15H,4-8,10H2,1-3H3. The van der Waals surface area contributed by atoms with E-state index in [2.05, 4.69) is 35.8 Å². The molecule has 0 aliphatic heterocycles. The highest BCUT2D eigenvalue weighted by Gasteiger charge is 2.20. The summed E-state index contributed by atoms with van der Waals surface area (Å²) in [7, 11) is 2.21. The Kier molecular flexibility index (Phi) is 6.13. The van der Waals surface area contributed by atoms with Crippen molar-refractivity contribution in [3.05, 3.63) is 16.1 Å². The minimum atomic E-state index is 0.657. The van der Waals surface area contributed by atoms with Gasteiger partial charge >= 0.3 is 0 Å². The van der Waals surface area contributed by atoms with Gasteiger partial charge in [0.15, 0.2) is 0 Å². The van der Waals surface area contributed by atoms with Gasteiger partial charge in [0, 0.05) is 36.3 Å². The molecule has 2 rings (SSSR count). The number of thiazole rings is 1. The van der Waals surface area contributed by atoms with Crippen LogP contribution in [-0.2, 0) is 13.1 Å². The number of rotatable bonds is 9. The van der Waals surface area contributed by atoms with E-state index in [1.807, 2.05) is 11.8 Å². The van der Waals surface area contributed by atoms with Crippen molar-refractivity contribution >= 4 is 23.1 Å². The second kappa shape index (κ2) is 7.62. The average Bonchev–Trinajstić information content (AvgIpc) is 3.14. The summed E-state index contributed by atoms with van der Waals surface area (Å²) >= 11 is 3.72. The summed E-state index contributed by atoms with van der Waals surface area (Å²) in [5.74, 6) is 1.20. The van der Waals surface area contributed by atoms with Crippen molar-refractivity contribution in [2.75, 3.05) is 19.1 Å². The van der Waals surface area contributed by atoms with E-state index in [1.165, 1.54) is 35.7 Å². The van der Waals surface area contributed by atoms with E-state index < -0.39 is 0 Å². The van der Waals surface area contributed by atoms with Crippen LogP contribution >= 0.6 is 23.1 Å². The second-order valence-electron chi connectivity index (χ2n) is 5.32. The molecule has 0 amide bonds. The van der Waals surface area contributed by atoms with Gasteiger partial charge in [-0.15, -0.1) is 11.3 Å². The SMILES string of the molecule is CCC(CSC)N(C)Cc1csc(CNC2CC2)n1. The fourth-order valence-corrected chi connectivity index (χ4v) is 3.77. The molecule has 1 heterocycles. The largest absolute Gasteiger partial charge is 0.308 e. The van der Waals surface area contributed by atoms with Crippen LogP contribution in [-0.4, -0.2) is 41.0 Å². The molecule has 0 saturated heterocycles. The van der Waals surface area contributed by atoms with E-state index in [9.17, 15) is 0 Å². The van der Waals surface area contributed by atoms with Gasteiger partial charge in [0.2, 0.25) is 0 Å². The number of nitrogens with zero attached hydrogens (tertiary/aromatic N) is 2. The van der Waals surface area contributed by atoms with Gasteiger partial charge in [-0.2, -0.15) is 11.8 Å². The maximum Gasteiger partial charge on any atom is 0.107 e. The zero-order valence-electron chi connectivity index (χ0n) is 12.2. The maximum atomic E-state index is 4.73. The Bertz CT molecular complexity index is 377. The van der Waals surface area contributed by atoms with Crippen LogP contribution in [0.15, 0.2) is 5.38 Å². The van der Waals surface area contributed by atoms with E-state index in [0.717, 1.165) is 19.1 Å². The van der Waals surface area contributed by atoms with Crippen LogP contribution in [0.5, 0.6) is 0 Å². The molecule has 0 aromatic carbocycles. The van der Waals surface area contributed by atoms with E-state index >= 15 is 0 Å². The summed E-state index contributed by atoms with van der Waals surface area (Å²) in [6, 6.07) is 1.42. The molecule has 1 fully saturated rings. The molecule has 5 heteroatoms.